The van der Waals surface area contributed by atoms with E-state index in [9.17, 15) is 9.59 Å². The van der Waals surface area contributed by atoms with Gasteiger partial charge in [-0.15, -0.1) is 0 Å². The number of ether oxygens (including phenoxy) is 2. The van der Waals surface area contributed by atoms with Gasteiger partial charge < -0.3 is 14.4 Å². The highest BCUT2D eigenvalue weighted by molar-refractivity contribution is 5.71. The standard InChI is InChI=1S/C14H20N2O4/c1-14(2,3)20-13(18)16(4)7-8-19-12-6-5-11(10-17)15-9-12/h5-6,9-10H,7-8H2,1-4H3. The molecule has 0 aliphatic rings. The number of carbonyl (C=O) groups excluding carboxylic acids is 2. The Hall–Kier alpha value is -2.11. The number of aldehydes is 1. The summed E-state index contributed by atoms with van der Waals surface area (Å²) in [6.07, 6.45) is 1.74. The highest BCUT2D eigenvalue weighted by Gasteiger charge is 2.19. The maximum Gasteiger partial charge on any atom is 0.410 e. The molecular formula is C14H20N2O4. The third-order valence-electron chi connectivity index (χ3n) is 2.28. The first kappa shape index (κ1) is 15.9. The molecule has 0 saturated carbocycles. The molecule has 1 aromatic rings. The molecule has 0 bridgehead atoms. The first-order chi connectivity index (χ1) is 9.31. The minimum Gasteiger partial charge on any atom is -0.490 e. The molecule has 6 heteroatoms. The van der Waals surface area contributed by atoms with Gasteiger partial charge >= 0.3 is 6.09 Å². The second kappa shape index (κ2) is 6.88. The molecule has 0 aromatic carbocycles. The monoisotopic (exact) mass is 280 g/mol. The molecule has 1 heterocycles. The van der Waals surface area contributed by atoms with Crippen molar-refractivity contribution >= 4 is 12.4 Å². The van der Waals surface area contributed by atoms with Crippen molar-refractivity contribution < 1.29 is 19.1 Å². The molecule has 0 aliphatic heterocycles. The molecule has 1 rings (SSSR count). The Kier molecular flexibility index (Phi) is 5.49. The van der Waals surface area contributed by atoms with Crippen molar-refractivity contribution in [1.29, 1.82) is 0 Å². The lowest BCUT2D eigenvalue weighted by atomic mass is 10.2. The SMILES string of the molecule is CN(CCOc1ccc(C=O)nc1)C(=O)OC(C)(C)C. The smallest absolute Gasteiger partial charge is 0.410 e. The molecule has 0 radical (unpaired) electrons. The summed E-state index contributed by atoms with van der Waals surface area (Å²) in [4.78, 5) is 27.5. The van der Waals surface area contributed by atoms with Crippen molar-refractivity contribution in [2.24, 2.45) is 0 Å². The Labute approximate surface area is 118 Å². The molecule has 1 amide bonds. The number of carbonyl (C=O) groups is 2. The van der Waals surface area contributed by atoms with Gasteiger partial charge in [0, 0.05) is 7.05 Å². The van der Waals surface area contributed by atoms with Crippen LogP contribution >= 0.6 is 0 Å². The Morgan fingerprint density at radius 3 is 2.60 bits per heavy atom. The summed E-state index contributed by atoms with van der Waals surface area (Å²) >= 11 is 0. The van der Waals surface area contributed by atoms with Crippen LogP contribution in [0.2, 0.25) is 0 Å². The summed E-state index contributed by atoms with van der Waals surface area (Å²) in [5, 5.41) is 0. The van der Waals surface area contributed by atoms with E-state index in [1.54, 1.807) is 19.2 Å². The maximum absolute atomic E-state index is 11.7. The summed E-state index contributed by atoms with van der Waals surface area (Å²) < 4.78 is 10.6. The van der Waals surface area contributed by atoms with Crippen LogP contribution in [-0.4, -0.2) is 48.1 Å². The zero-order valence-corrected chi connectivity index (χ0v) is 12.3. The van der Waals surface area contributed by atoms with Crippen molar-refractivity contribution in [2.45, 2.75) is 26.4 Å². The minimum atomic E-state index is -0.513. The fourth-order valence-electron chi connectivity index (χ4n) is 1.28. The van der Waals surface area contributed by atoms with Crippen LogP contribution in [0.3, 0.4) is 0 Å². The normalized spacial score (nSPS) is 10.8. The van der Waals surface area contributed by atoms with E-state index in [0.717, 1.165) is 0 Å². The van der Waals surface area contributed by atoms with Crippen LogP contribution in [0.25, 0.3) is 0 Å². The van der Waals surface area contributed by atoms with Gasteiger partial charge in [0.05, 0.1) is 12.7 Å². The lowest BCUT2D eigenvalue weighted by Crippen LogP contribution is -2.36. The number of amides is 1. The predicted molar refractivity (Wildman–Crippen MR) is 74.0 cm³/mol. The van der Waals surface area contributed by atoms with Gasteiger partial charge in [-0.2, -0.15) is 0 Å². The van der Waals surface area contributed by atoms with Crippen LogP contribution in [0.5, 0.6) is 5.75 Å². The van der Waals surface area contributed by atoms with Crippen LogP contribution < -0.4 is 4.74 Å². The zero-order chi connectivity index (χ0) is 15.2. The van der Waals surface area contributed by atoms with Gasteiger partial charge in [-0.25, -0.2) is 9.78 Å². The van der Waals surface area contributed by atoms with Crippen molar-refractivity contribution in [1.82, 2.24) is 9.88 Å². The first-order valence-electron chi connectivity index (χ1n) is 6.30. The van der Waals surface area contributed by atoms with Crippen LogP contribution in [0, 0.1) is 0 Å². The zero-order valence-electron chi connectivity index (χ0n) is 12.3. The van der Waals surface area contributed by atoms with Gasteiger partial charge in [-0.05, 0) is 32.9 Å². The summed E-state index contributed by atoms with van der Waals surface area (Å²) in [7, 11) is 1.64. The third kappa shape index (κ3) is 5.69. The number of hydrogen-bond donors (Lipinski definition) is 0. The highest BCUT2D eigenvalue weighted by atomic mass is 16.6. The van der Waals surface area contributed by atoms with Crippen LogP contribution in [-0.2, 0) is 4.74 Å². The van der Waals surface area contributed by atoms with Crippen molar-refractivity contribution in [3.05, 3.63) is 24.0 Å². The molecule has 0 fully saturated rings. The second-order valence-electron chi connectivity index (χ2n) is 5.29. The topological polar surface area (TPSA) is 68.7 Å². The molecule has 0 aliphatic carbocycles. The number of pyridine rings is 1. The Morgan fingerprint density at radius 2 is 2.10 bits per heavy atom. The van der Waals surface area contributed by atoms with E-state index in [4.69, 9.17) is 9.47 Å². The van der Waals surface area contributed by atoms with Gasteiger partial charge in [-0.3, -0.25) is 4.79 Å². The van der Waals surface area contributed by atoms with Crippen molar-refractivity contribution in [3.63, 3.8) is 0 Å². The molecule has 110 valence electrons. The Balaban J connectivity index is 2.35. The quantitative estimate of drug-likeness (QED) is 0.773. The molecule has 0 atom stereocenters. The van der Waals surface area contributed by atoms with E-state index in [1.807, 2.05) is 20.8 Å². The summed E-state index contributed by atoms with van der Waals surface area (Å²) in [5.74, 6) is 0.549. The van der Waals surface area contributed by atoms with E-state index in [-0.39, 0.29) is 0 Å². The predicted octanol–water partition coefficient (Wildman–Crippen LogP) is 2.14. The van der Waals surface area contributed by atoms with Gasteiger partial charge in [0.1, 0.15) is 23.7 Å². The van der Waals surface area contributed by atoms with Gasteiger partial charge in [0.15, 0.2) is 6.29 Å². The molecule has 0 N–H and O–H groups in total. The lowest BCUT2D eigenvalue weighted by molar-refractivity contribution is 0.0278. The molecule has 0 spiro atoms. The average Bonchev–Trinajstić information content (AvgIpc) is 2.37. The Bertz CT molecular complexity index is 451. The summed E-state index contributed by atoms with van der Waals surface area (Å²) in [6.45, 7) is 6.16. The molecule has 1 aromatic heterocycles. The van der Waals surface area contributed by atoms with E-state index in [1.165, 1.54) is 11.1 Å². The summed E-state index contributed by atoms with van der Waals surface area (Å²) in [6, 6.07) is 3.23. The number of likely N-dealkylation sites (N-methyl/N-ethyl adjacent to an activating group) is 1. The van der Waals surface area contributed by atoms with Gasteiger partial charge in [0.25, 0.3) is 0 Å². The minimum absolute atomic E-state index is 0.317. The largest absolute Gasteiger partial charge is 0.490 e. The first-order valence-corrected chi connectivity index (χ1v) is 6.30. The number of aromatic nitrogens is 1. The highest BCUT2D eigenvalue weighted by Crippen LogP contribution is 2.10. The van der Waals surface area contributed by atoms with Crippen LogP contribution in [0.1, 0.15) is 31.3 Å². The number of nitrogens with zero attached hydrogens (tertiary/aromatic N) is 2. The van der Waals surface area contributed by atoms with Gasteiger partial charge in [0.2, 0.25) is 0 Å². The van der Waals surface area contributed by atoms with Crippen molar-refractivity contribution in [3.8, 4) is 5.75 Å². The van der Waals surface area contributed by atoms with Crippen LogP contribution in [0.15, 0.2) is 18.3 Å². The second-order valence-corrected chi connectivity index (χ2v) is 5.29. The third-order valence-corrected chi connectivity index (χ3v) is 2.28. The molecule has 0 unspecified atom stereocenters. The fraction of sp³-hybridized carbons (Fsp3) is 0.500. The van der Waals surface area contributed by atoms with Crippen LogP contribution in [0.4, 0.5) is 4.79 Å². The lowest BCUT2D eigenvalue weighted by Gasteiger charge is -2.24. The van der Waals surface area contributed by atoms with E-state index in [2.05, 4.69) is 4.98 Å². The number of rotatable bonds is 5. The van der Waals surface area contributed by atoms with Crippen molar-refractivity contribution in [2.75, 3.05) is 20.2 Å². The molecular weight excluding hydrogens is 260 g/mol. The summed E-state index contributed by atoms with van der Waals surface area (Å²) in [5.41, 5.74) is -0.163. The Morgan fingerprint density at radius 1 is 1.40 bits per heavy atom. The van der Waals surface area contributed by atoms with Gasteiger partial charge in [-0.1, -0.05) is 0 Å². The van der Waals surface area contributed by atoms with E-state index < -0.39 is 11.7 Å². The number of hydrogen-bond acceptors (Lipinski definition) is 5. The van der Waals surface area contributed by atoms with E-state index in [0.29, 0.717) is 30.9 Å². The average molecular weight is 280 g/mol. The maximum atomic E-state index is 11.7. The molecule has 0 saturated heterocycles. The molecule has 6 nitrogen and oxygen atoms in total. The van der Waals surface area contributed by atoms with E-state index >= 15 is 0 Å². The fourth-order valence-corrected chi connectivity index (χ4v) is 1.28. The molecule has 20 heavy (non-hydrogen) atoms.